The van der Waals surface area contributed by atoms with E-state index in [2.05, 4.69) is 10.6 Å². The average molecular weight is 252 g/mol. The van der Waals surface area contributed by atoms with Crippen LogP contribution < -0.4 is 10.6 Å². The van der Waals surface area contributed by atoms with Gasteiger partial charge in [-0.25, -0.2) is 4.39 Å². The van der Waals surface area contributed by atoms with E-state index in [4.69, 9.17) is 0 Å². The zero-order valence-electron chi connectivity index (χ0n) is 10.5. The fourth-order valence-corrected chi connectivity index (χ4v) is 1.51. The molecule has 98 valence electrons. The number of hydrogen-bond donors (Lipinski definition) is 2. The summed E-state index contributed by atoms with van der Waals surface area (Å²) in [6.07, 6.45) is 0.807. The highest BCUT2D eigenvalue weighted by Gasteiger charge is 2.20. The van der Waals surface area contributed by atoms with Crippen molar-refractivity contribution in [3.63, 3.8) is 0 Å². The quantitative estimate of drug-likeness (QED) is 0.835. The van der Waals surface area contributed by atoms with E-state index < -0.39 is 6.04 Å². The second-order valence-electron chi connectivity index (χ2n) is 3.98. The number of rotatable bonds is 5. The van der Waals surface area contributed by atoms with Crippen molar-refractivity contribution >= 4 is 11.8 Å². The van der Waals surface area contributed by atoms with Gasteiger partial charge in [0.15, 0.2) is 0 Å². The molecule has 0 saturated heterocycles. The number of halogens is 1. The number of carbonyl (C=O) groups is 2. The van der Waals surface area contributed by atoms with Crippen LogP contribution in [0.4, 0.5) is 4.39 Å². The summed E-state index contributed by atoms with van der Waals surface area (Å²) in [4.78, 5) is 23.0. The minimum Gasteiger partial charge on any atom is -0.354 e. The van der Waals surface area contributed by atoms with Crippen molar-refractivity contribution in [1.82, 2.24) is 10.6 Å². The Balaban J connectivity index is 2.86. The molecule has 2 amide bonds. The number of benzene rings is 1. The van der Waals surface area contributed by atoms with Crippen molar-refractivity contribution in [2.24, 2.45) is 0 Å². The predicted molar refractivity (Wildman–Crippen MR) is 66.3 cm³/mol. The van der Waals surface area contributed by atoms with Crippen molar-refractivity contribution in [2.75, 3.05) is 6.54 Å². The smallest absolute Gasteiger partial charge is 0.247 e. The van der Waals surface area contributed by atoms with Crippen LogP contribution in [-0.2, 0) is 9.59 Å². The minimum atomic E-state index is -0.783. The Kier molecular flexibility index (Phi) is 5.30. The van der Waals surface area contributed by atoms with Crippen LogP contribution in [0.1, 0.15) is 31.9 Å². The maximum Gasteiger partial charge on any atom is 0.247 e. The summed E-state index contributed by atoms with van der Waals surface area (Å²) < 4.78 is 12.8. The van der Waals surface area contributed by atoms with Crippen LogP contribution in [0.15, 0.2) is 24.3 Å². The van der Waals surface area contributed by atoms with E-state index in [1.807, 2.05) is 6.92 Å². The lowest BCUT2D eigenvalue weighted by atomic mass is 10.1. The third-order valence-electron chi connectivity index (χ3n) is 2.36. The Morgan fingerprint density at radius 1 is 1.28 bits per heavy atom. The van der Waals surface area contributed by atoms with Crippen LogP contribution >= 0.6 is 0 Å². The molecule has 0 spiro atoms. The molecule has 0 aromatic heterocycles. The zero-order chi connectivity index (χ0) is 13.5. The molecule has 1 rings (SSSR count). The molecule has 0 aliphatic heterocycles. The lowest BCUT2D eigenvalue weighted by Gasteiger charge is -2.17. The van der Waals surface area contributed by atoms with E-state index in [-0.39, 0.29) is 17.6 Å². The highest BCUT2D eigenvalue weighted by Crippen LogP contribution is 2.14. The largest absolute Gasteiger partial charge is 0.354 e. The Labute approximate surface area is 106 Å². The number of hydrogen-bond acceptors (Lipinski definition) is 2. The summed E-state index contributed by atoms with van der Waals surface area (Å²) in [6.45, 7) is 3.81. The Hall–Kier alpha value is -1.91. The van der Waals surface area contributed by atoms with Crippen LogP contribution in [0.25, 0.3) is 0 Å². The monoisotopic (exact) mass is 252 g/mol. The second-order valence-corrected chi connectivity index (χ2v) is 3.98. The molecule has 0 fully saturated rings. The molecule has 5 heteroatoms. The fourth-order valence-electron chi connectivity index (χ4n) is 1.51. The second kappa shape index (κ2) is 6.74. The van der Waals surface area contributed by atoms with Crippen LogP contribution in [-0.4, -0.2) is 18.4 Å². The molecule has 0 bridgehead atoms. The summed E-state index contributed by atoms with van der Waals surface area (Å²) in [5.74, 6) is -0.982. The summed E-state index contributed by atoms with van der Waals surface area (Å²) in [6, 6.07) is 4.71. The SMILES string of the molecule is CCCNC(=O)[C@H](NC(C)=O)c1ccc(F)cc1. The van der Waals surface area contributed by atoms with Crippen LogP contribution in [0, 0.1) is 5.82 Å². The predicted octanol–water partition coefficient (Wildman–Crippen LogP) is 1.53. The first-order chi connectivity index (χ1) is 8.54. The first-order valence-corrected chi connectivity index (χ1v) is 5.85. The molecule has 0 aliphatic carbocycles. The maximum atomic E-state index is 12.8. The van der Waals surface area contributed by atoms with Crippen molar-refractivity contribution in [3.8, 4) is 0 Å². The van der Waals surface area contributed by atoms with Crippen molar-refractivity contribution in [1.29, 1.82) is 0 Å². The first kappa shape index (κ1) is 14.2. The highest BCUT2D eigenvalue weighted by atomic mass is 19.1. The number of nitrogens with one attached hydrogen (secondary N) is 2. The normalized spacial score (nSPS) is 11.7. The van der Waals surface area contributed by atoms with Gasteiger partial charge in [0.2, 0.25) is 11.8 Å². The van der Waals surface area contributed by atoms with Gasteiger partial charge in [0, 0.05) is 13.5 Å². The Bertz CT molecular complexity index is 418. The van der Waals surface area contributed by atoms with E-state index in [1.165, 1.54) is 31.2 Å². The lowest BCUT2D eigenvalue weighted by molar-refractivity contribution is -0.128. The van der Waals surface area contributed by atoms with Crippen molar-refractivity contribution in [3.05, 3.63) is 35.6 Å². The van der Waals surface area contributed by atoms with Gasteiger partial charge in [0.25, 0.3) is 0 Å². The molecule has 1 atom stereocenters. The van der Waals surface area contributed by atoms with Gasteiger partial charge < -0.3 is 10.6 Å². The van der Waals surface area contributed by atoms with Crippen LogP contribution in [0.5, 0.6) is 0 Å². The lowest BCUT2D eigenvalue weighted by Crippen LogP contribution is -2.39. The summed E-state index contributed by atoms with van der Waals surface area (Å²) in [7, 11) is 0. The van der Waals surface area contributed by atoms with E-state index in [1.54, 1.807) is 0 Å². The van der Waals surface area contributed by atoms with E-state index in [0.717, 1.165) is 6.42 Å². The van der Waals surface area contributed by atoms with Gasteiger partial charge >= 0.3 is 0 Å². The molecule has 1 aromatic carbocycles. The number of carbonyl (C=O) groups excluding carboxylic acids is 2. The summed E-state index contributed by atoms with van der Waals surface area (Å²) in [5.41, 5.74) is 0.556. The van der Waals surface area contributed by atoms with Crippen LogP contribution in [0.2, 0.25) is 0 Å². The minimum absolute atomic E-state index is 0.293. The molecular formula is C13H17FN2O2. The highest BCUT2D eigenvalue weighted by molar-refractivity contribution is 5.87. The molecule has 0 saturated carbocycles. The molecule has 2 N–H and O–H groups in total. The molecule has 0 heterocycles. The van der Waals surface area contributed by atoms with Gasteiger partial charge in [-0.2, -0.15) is 0 Å². The van der Waals surface area contributed by atoms with Crippen molar-refractivity contribution < 1.29 is 14.0 Å². The third kappa shape index (κ3) is 4.16. The number of amides is 2. The maximum absolute atomic E-state index is 12.8. The van der Waals surface area contributed by atoms with Crippen LogP contribution in [0.3, 0.4) is 0 Å². The topological polar surface area (TPSA) is 58.2 Å². The molecule has 0 aliphatic rings. The van der Waals surface area contributed by atoms with Crippen molar-refractivity contribution in [2.45, 2.75) is 26.3 Å². The van der Waals surface area contributed by atoms with E-state index in [9.17, 15) is 14.0 Å². The summed E-state index contributed by atoms with van der Waals surface area (Å²) in [5, 5.41) is 5.25. The molecule has 0 unspecified atom stereocenters. The van der Waals surface area contributed by atoms with Gasteiger partial charge in [0.1, 0.15) is 11.9 Å². The van der Waals surface area contributed by atoms with E-state index >= 15 is 0 Å². The van der Waals surface area contributed by atoms with Gasteiger partial charge in [-0.15, -0.1) is 0 Å². The van der Waals surface area contributed by atoms with Gasteiger partial charge in [-0.05, 0) is 24.1 Å². The third-order valence-corrected chi connectivity index (χ3v) is 2.36. The summed E-state index contributed by atoms with van der Waals surface area (Å²) >= 11 is 0. The zero-order valence-corrected chi connectivity index (χ0v) is 10.5. The standard InChI is InChI=1S/C13H17FN2O2/c1-3-8-15-13(18)12(16-9(2)17)10-4-6-11(14)7-5-10/h4-7,12H,3,8H2,1-2H3,(H,15,18)(H,16,17)/t12-/m1/s1. The fraction of sp³-hybridized carbons (Fsp3) is 0.385. The Morgan fingerprint density at radius 2 is 1.89 bits per heavy atom. The van der Waals surface area contributed by atoms with Gasteiger partial charge in [-0.3, -0.25) is 9.59 Å². The molecule has 4 nitrogen and oxygen atoms in total. The van der Waals surface area contributed by atoms with Gasteiger partial charge in [-0.1, -0.05) is 19.1 Å². The molecule has 0 radical (unpaired) electrons. The Morgan fingerprint density at radius 3 is 2.39 bits per heavy atom. The molecular weight excluding hydrogens is 235 g/mol. The first-order valence-electron chi connectivity index (χ1n) is 5.85. The van der Waals surface area contributed by atoms with E-state index in [0.29, 0.717) is 12.1 Å². The molecule has 18 heavy (non-hydrogen) atoms. The van der Waals surface area contributed by atoms with Gasteiger partial charge in [0.05, 0.1) is 0 Å². The molecule has 1 aromatic rings. The average Bonchev–Trinajstić information content (AvgIpc) is 2.34.